The lowest BCUT2D eigenvalue weighted by Crippen LogP contribution is -1.98. The van der Waals surface area contributed by atoms with Crippen LogP contribution in [-0.2, 0) is 0 Å². The number of aromatic carboxylic acids is 1. The van der Waals surface area contributed by atoms with Crippen LogP contribution < -0.4 is 0 Å². The summed E-state index contributed by atoms with van der Waals surface area (Å²) in [7, 11) is 0. The second-order valence-corrected chi connectivity index (χ2v) is 3.80. The summed E-state index contributed by atoms with van der Waals surface area (Å²) in [4.78, 5) is 20.7. The Kier molecular flexibility index (Phi) is 2.99. The Balaban J connectivity index is 2.57. The van der Waals surface area contributed by atoms with Crippen molar-refractivity contribution in [3.8, 4) is 11.3 Å². The second-order valence-electron chi connectivity index (χ2n) is 3.80. The quantitative estimate of drug-likeness (QED) is 0.652. The smallest absolute Gasteiger partial charge is 0.354 e. The van der Waals surface area contributed by atoms with Crippen molar-refractivity contribution in [2.75, 3.05) is 0 Å². The lowest BCUT2D eigenvalue weighted by molar-refractivity contribution is -0.387. The Labute approximate surface area is 105 Å². The molecule has 1 aromatic heterocycles. The first-order valence-corrected chi connectivity index (χ1v) is 5.14. The maximum absolute atomic E-state index is 13.2. The monoisotopic (exact) mass is 265 g/mol. The van der Waals surface area contributed by atoms with E-state index in [0.29, 0.717) is 5.56 Å². The molecule has 0 spiro atoms. The van der Waals surface area contributed by atoms with Crippen LogP contribution in [0.4, 0.5) is 10.1 Å². The molecule has 0 bridgehead atoms. The van der Waals surface area contributed by atoms with E-state index in [2.05, 4.69) is 10.2 Å². The molecule has 0 saturated heterocycles. The summed E-state index contributed by atoms with van der Waals surface area (Å²) in [6.45, 7) is 1.51. The molecule has 0 aliphatic heterocycles. The third-order valence-corrected chi connectivity index (χ3v) is 2.64. The Morgan fingerprint density at radius 2 is 2.21 bits per heavy atom. The van der Waals surface area contributed by atoms with Gasteiger partial charge in [-0.25, -0.2) is 4.79 Å². The number of aromatic nitrogens is 2. The Morgan fingerprint density at radius 1 is 1.53 bits per heavy atom. The first-order chi connectivity index (χ1) is 8.91. The van der Waals surface area contributed by atoms with Gasteiger partial charge in [-0.2, -0.15) is 9.49 Å². The van der Waals surface area contributed by atoms with Gasteiger partial charge in [0, 0.05) is 17.2 Å². The van der Waals surface area contributed by atoms with Gasteiger partial charge >= 0.3 is 11.7 Å². The van der Waals surface area contributed by atoms with E-state index >= 15 is 0 Å². The molecule has 7 nitrogen and oxygen atoms in total. The number of H-pyrrole nitrogens is 1. The van der Waals surface area contributed by atoms with Gasteiger partial charge in [0.25, 0.3) is 0 Å². The number of hydrogen-bond donors (Lipinski definition) is 2. The van der Waals surface area contributed by atoms with Crippen molar-refractivity contribution in [2.45, 2.75) is 6.92 Å². The molecule has 0 radical (unpaired) electrons. The number of benzene rings is 1. The molecular formula is C11H8FN3O4. The van der Waals surface area contributed by atoms with Crippen LogP contribution in [0, 0.1) is 22.9 Å². The maximum Gasteiger partial charge on any atom is 0.354 e. The van der Waals surface area contributed by atoms with Gasteiger partial charge in [0.2, 0.25) is 5.82 Å². The van der Waals surface area contributed by atoms with Crippen molar-refractivity contribution in [1.82, 2.24) is 10.2 Å². The summed E-state index contributed by atoms with van der Waals surface area (Å²) < 4.78 is 13.2. The van der Waals surface area contributed by atoms with Crippen LogP contribution in [-0.4, -0.2) is 26.2 Å². The van der Waals surface area contributed by atoms with Gasteiger partial charge in [0.15, 0.2) is 0 Å². The molecule has 2 N–H and O–H groups in total. The van der Waals surface area contributed by atoms with Crippen LogP contribution in [0.25, 0.3) is 11.3 Å². The predicted molar refractivity (Wildman–Crippen MR) is 62.3 cm³/mol. The molecule has 8 heteroatoms. The molecule has 2 rings (SSSR count). The number of halogens is 1. The van der Waals surface area contributed by atoms with Crippen molar-refractivity contribution in [3.05, 3.63) is 45.4 Å². The van der Waals surface area contributed by atoms with Crippen LogP contribution in [0.5, 0.6) is 0 Å². The fourth-order valence-corrected chi connectivity index (χ4v) is 1.69. The molecular weight excluding hydrogens is 257 g/mol. The zero-order chi connectivity index (χ0) is 14.2. The third-order valence-electron chi connectivity index (χ3n) is 2.64. The number of carboxylic acid groups (broad SMARTS) is 1. The fraction of sp³-hybridized carbons (Fsp3) is 0.0909. The topological polar surface area (TPSA) is 109 Å². The molecule has 2 aromatic rings. The fourth-order valence-electron chi connectivity index (χ4n) is 1.69. The first kappa shape index (κ1) is 12.7. The van der Waals surface area contributed by atoms with Gasteiger partial charge in [-0.3, -0.25) is 15.2 Å². The zero-order valence-corrected chi connectivity index (χ0v) is 9.68. The summed E-state index contributed by atoms with van der Waals surface area (Å²) in [5, 5.41) is 25.6. The van der Waals surface area contributed by atoms with Gasteiger partial charge in [-0.15, -0.1) is 0 Å². The molecule has 0 aliphatic rings. The highest BCUT2D eigenvalue weighted by Gasteiger charge is 2.20. The minimum Gasteiger partial charge on any atom is -0.477 e. The minimum absolute atomic E-state index is 0.109. The van der Waals surface area contributed by atoms with Gasteiger partial charge in [0.1, 0.15) is 5.69 Å². The number of nitro benzene ring substituents is 1. The summed E-state index contributed by atoms with van der Waals surface area (Å²) in [6.07, 6.45) is 0. The minimum atomic E-state index is -1.19. The summed E-state index contributed by atoms with van der Waals surface area (Å²) >= 11 is 0. The van der Waals surface area contributed by atoms with Gasteiger partial charge in [-0.05, 0) is 19.1 Å². The highest BCUT2D eigenvalue weighted by Crippen LogP contribution is 2.28. The Hall–Kier alpha value is -2.77. The van der Waals surface area contributed by atoms with Crippen molar-refractivity contribution >= 4 is 11.7 Å². The number of nitro groups is 1. The number of rotatable bonds is 3. The molecule has 19 heavy (non-hydrogen) atoms. The van der Waals surface area contributed by atoms with Gasteiger partial charge < -0.3 is 5.11 Å². The molecule has 0 unspecified atom stereocenters. The average molecular weight is 265 g/mol. The van der Waals surface area contributed by atoms with E-state index in [1.807, 2.05) is 0 Å². The van der Waals surface area contributed by atoms with Crippen LogP contribution in [0.3, 0.4) is 0 Å². The normalized spacial score (nSPS) is 10.4. The van der Waals surface area contributed by atoms with E-state index in [1.54, 1.807) is 0 Å². The first-order valence-electron chi connectivity index (χ1n) is 5.14. The highest BCUT2D eigenvalue weighted by molar-refractivity contribution is 5.89. The molecule has 1 aromatic carbocycles. The number of nitrogens with one attached hydrogen (secondary N) is 1. The van der Waals surface area contributed by atoms with Crippen molar-refractivity contribution in [3.63, 3.8) is 0 Å². The lowest BCUT2D eigenvalue weighted by atomic mass is 10.1. The van der Waals surface area contributed by atoms with Gasteiger partial charge in [-0.1, -0.05) is 0 Å². The predicted octanol–water partition coefficient (Wildman–Crippen LogP) is 2.13. The second kappa shape index (κ2) is 4.48. The summed E-state index contributed by atoms with van der Waals surface area (Å²) in [5.74, 6) is -2.15. The van der Waals surface area contributed by atoms with E-state index in [4.69, 9.17) is 5.11 Å². The third kappa shape index (κ3) is 2.15. The van der Waals surface area contributed by atoms with Crippen molar-refractivity contribution in [2.24, 2.45) is 0 Å². The molecule has 0 aliphatic carbocycles. The highest BCUT2D eigenvalue weighted by atomic mass is 19.1. The number of carbonyl (C=O) groups is 1. The average Bonchev–Trinajstić information content (AvgIpc) is 2.71. The van der Waals surface area contributed by atoms with Crippen LogP contribution in [0.15, 0.2) is 18.2 Å². The van der Waals surface area contributed by atoms with E-state index in [1.165, 1.54) is 13.0 Å². The maximum atomic E-state index is 13.2. The molecule has 0 amide bonds. The molecule has 0 fully saturated rings. The zero-order valence-electron chi connectivity index (χ0n) is 9.68. The summed E-state index contributed by atoms with van der Waals surface area (Å²) in [6, 6.07) is 3.27. The van der Waals surface area contributed by atoms with Crippen molar-refractivity contribution in [1.29, 1.82) is 0 Å². The SMILES string of the molecule is Cc1c(-c2ccc(F)c([N+](=O)[O-])c2)n[nH]c1C(=O)O. The van der Waals surface area contributed by atoms with E-state index < -0.39 is 22.4 Å². The Bertz CT molecular complexity index is 681. The molecule has 0 saturated carbocycles. The lowest BCUT2D eigenvalue weighted by Gasteiger charge is -2.00. The number of carboxylic acids is 1. The number of nitrogens with zero attached hydrogens (tertiary/aromatic N) is 2. The van der Waals surface area contributed by atoms with Gasteiger partial charge in [0.05, 0.1) is 10.6 Å². The van der Waals surface area contributed by atoms with Crippen LogP contribution in [0.1, 0.15) is 16.1 Å². The standard InChI is InChI=1S/C11H8FN3O4/c1-5-9(13-14-10(5)11(16)17)6-2-3-7(12)8(4-6)15(18)19/h2-4H,1H3,(H,13,14)(H,16,17). The molecule has 98 valence electrons. The van der Waals surface area contributed by atoms with Crippen molar-refractivity contribution < 1.29 is 19.2 Å². The van der Waals surface area contributed by atoms with E-state index in [9.17, 15) is 19.3 Å². The largest absolute Gasteiger partial charge is 0.477 e. The van der Waals surface area contributed by atoms with Crippen LogP contribution >= 0.6 is 0 Å². The summed E-state index contributed by atoms with van der Waals surface area (Å²) in [5.41, 5.74) is 0.0435. The molecule has 1 heterocycles. The number of aromatic amines is 1. The van der Waals surface area contributed by atoms with Crippen LogP contribution in [0.2, 0.25) is 0 Å². The molecule has 0 atom stereocenters. The number of hydrogen-bond acceptors (Lipinski definition) is 4. The van der Waals surface area contributed by atoms with E-state index in [0.717, 1.165) is 12.1 Å². The van der Waals surface area contributed by atoms with E-state index in [-0.39, 0.29) is 17.0 Å². The Morgan fingerprint density at radius 3 is 2.74 bits per heavy atom.